The molecule has 4 fully saturated rings. The maximum Gasteiger partial charge on any atom is 0.320 e. The first-order valence-corrected chi connectivity index (χ1v) is 14.2. The molecule has 29 heavy (non-hydrogen) atoms. The normalized spacial score (nSPS) is 44.0. The van der Waals surface area contributed by atoms with Crippen molar-refractivity contribution < 1.29 is 17.8 Å². The molecule has 8 atom stereocenters. The number of Topliss-reactive ketones (excluding diaryl/α,β-unsaturated/α-hetero) is 1. The molecule has 0 aromatic heterocycles. The summed E-state index contributed by atoms with van der Waals surface area (Å²) in [5.74, 6) is 10.8. The highest BCUT2D eigenvalue weighted by Gasteiger charge is 2.58. The van der Waals surface area contributed by atoms with E-state index in [4.69, 9.17) is 4.55 Å². The minimum atomic E-state index is -4.15. The number of ketones is 1. The first-order chi connectivity index (χ1) is 13.7. The van der Waals surface area contributed by atoms with Crippen molar-refractivity contribution in [2.24, 2.45) is 46.8 Å². The molecule has 0 aromatic carbocycles. The van der Waals surface area contributed by atoms with E-state index < -0.39 is 9.15 Å². The Labute approximate surface area is 179 Å². The van der Waals surface area contributed by atoms with Crippen molar-refractivity contribution in [2.45, 2.75) is 71.6 Å². The van der Waals surface area contributed by atoms with Gasteiger partial charge >= 0.3 is 9.15 Å². The molecule has 4 rings (SSSR count). The Morgan fingerprint density at radius 2 is 1.83 bits per heavy atom. The predicted molar refractivity (Wildman–Crippen MR) is 117 cm³/mol. The van der Waals surface area contributed by atoms with Crippen molar-refractivity contribution in [3.63, 3.8) is 0 Å². The van der Waals surface area contributed by atoms with Crippen molar-refractivity contribution in [2.75, 3.05) is 5.75 Å². The second-order valence-electron chi connectivity index (χ2n) is 10.2. The molecule has 0 aliphatic heterocycles. The molecule has 4 nitrogen and oxygen atoms in total. The summed E-state index contributed by atoms with van der Waals surface area (Å²) < 4.78 is 31.1. The van der Waals surface area contributed by atoms with Crippen LogP contribution in [0.1, 0.15) is 71.6 Å². The van der Waals surface area contributed by atoms with Crippen LogP contribution in [0.2, 0.25) is 0 Å². The number of carbonyl (C=O) groups excluding carboxylic acids is 1. The standard InChI is InChI=1S/C23H34O4S2/c1-3-4-15-5-7-17-16(13-15)6-8-19-18(17)11-12-23(2)20(19)9-10-21(23)22(24)14-28-29(25,26)27/h15-21H,5-14H2,1-2H3,(H,25,26,27). The summed E-state index contributed by atoms with van der Waals surface area (Å²) in [6, 6.07) is 0. The van der Waals surface area contributed by atoms with Gasteiger partial charge in [0.25, 0.3) is 0 Å². The van der Waals surface area contributed by atoms with Crippen molar-refractivity contribution in [3.05, 3.63) is 0 Å². The molecule has 0 saturated heterocycles. The van der Waals surface area contributed by atoms with Crippen LogP contribution in [-0.2, 0) is 13.9 Å². The van der Waals surface area contributed by atoms with Crippen molar-refractivity contribution in [3.8, 4) is 11.8 Å². The highest BCUT2D eigenvalue weighted by atomic mass is 33.1. The van der Waals surface area contributed by atoms with E-state index in [2.05, 4.69) is 18.8 Å². The van der Waals surface area contributed by atoms with Gasteiger partial charge in [0.15, 0.2) is 0 Å². The Balaban J connectivity index is 1.45. The SMILES string of the molecule is CC#CC1CCC2C(CCC3C2CCC2(C)C(C(=O)CSS(=O)(=O)O)CCC32)C1. The van der Waals surface area contributed by atoms with Crippen LogP contribution in [-0.4, -0.2) is 24.5 Å². The van der Waals surface area contributed by atoms with Crippen LogP contribution in [0.15, 0.2) is 0 Å². The molecule has 0 amide bonds. The van der Waals surface area contributed by atoms with Gasteiger partial charge in [0, 0.05) is 22.6 Å². The molecule has 4 aliphatic carbocycles. The maximum absolute atomic E-state index is 12.8. The fraction of sp³-hybridized carbons (Fsp3) is 0.870. The Morgan fingerprint density at radius 3 is 2.55 bits per heavy atom. The highest BCUT2D eigenvalue weighted by molar-refractivity contribution is 8.70. The molecular weight excluding hydrogens is 404 g/mol. The van der Waals surface area contributed by atoms with Crippen LogP contribution in [0, 0.1) is 58.7 Å². The van der Waals surface area contributed by atoms with Crippen molar-refractivity contribution in [1.29, 1.82) is 0 Å². The zero-order valence-electron chi connectivity index (χ0n) is 17.6. The summed E-state index contributed by atoms with van der Waals surface area (Å²) in [5.41, 5.74) is 0.00968. The van der Waals surface area contributed by atoms with Gasteiger partial charge in [0.1, 0.15) is 5.78 Å². The average molecular weight is 439 g/mol. The molecule has 0 bridgehead atoms. The minimum absolute atomic E-state index is 0.00968. The maximum atomic E-state index is 12.8. The van der Waals surface area contributed by atoms with Crippen molar-refractivity contribution >= 4 is 25.7 Å². The zero-order valence-corrected chi connectivity index (χ0v) is 19.2. The topological polar surface area (TPSA) is 71.4 Å². The lowest BCUT2D eigenvalue weighted by Crippen LogP contribution is -2.49. The van der Waals surface area contributed by atoms with Crippen LogP contribution in [0.3, 0.4) is 0 Å². The first kappa shape index (κ1) is 21.7. The average Bonchev–Trinajstić information content (AvgIpc) is 3.03. The third-order valence-electron chi connectivity index (χ3n) is 9.04. The summed E-state index contributed by atoms with van der Waals surface area (Å²) in [4.78, 5) is 12.8. The van der Waals surface area contributed by atoms with Crippen LogP contribution in [0.5, 0.6) is 0 Å². The Kier molecular flexibility index (Phi) is 6.14. The van der Waals surface area contributed by atoms with E-state index >= 15 is 0 Å². The summed E-state index contributed by atoms with van der Waals surface area (Å²) >= 11 is 0. The number of rotatable bonds is 4. The Morgan fingerprint density at radius 1 is 1.07 bits per heavy atom. The number of hydrogen-bond acceptors (Lipinski definition) is 4. The fourth-order valence-electron chi connectivity index (χ4n) is 7.95. The van der Waals surface area contributed by atoms with Gasteiger partial charge in [-0.15, -0.1) is 11.8 Å². The molecule has 0 spiro atoms. The van der Waals surface area contributed by atoms with E-state index in [1.165, 1.54) is 38.5 Å². The number of fused-ring (bicyclic) bond motifs is 5. The fourth-order valence-corrected chi connectivity index (χ4v) is 9.21. The monoisotopic (exact) mass is 438 g/mol. The summed E-state index contributed by atoms with van der Waals surface area (Å²) in [5, 5.41) is 0. The predicted octanol–water partition coefficient (Wildman–Crippen LogP) is 5.00. The van der Waals surface area contributed by atoms with Gasteiger partial charge in [0.2, 0.25) is 0 Å². The summed E-state index contributed by atoms with van der Waals surface area (Å²) in [6.45, 7) is 4.25. The first-order valence-electron chi connectivity index (χ1n) is 11.3. The van der Waals surface area contributed by atoms with Crippen LogP contribution < -0.4 is 0 Å². The van der Waals surface area contributed by atoms with Gasteiger partial charge in [-0.25, -0.2) is 0 Å². The van der Waals surface area contributed by atoms with E-state index in [0.717, 1.165) is 42.9 Å². The second kappa shape index (κ2) is 8.20. The van der Waals surface area contributed by atoms with Gasteiger partial charge in [-0.2, -0.15) is 8.42 Å². The lowest BCUT2D eigenvalue weighted by Gasteiger charge is -2.56. The summed E-state index contributed by atoms with van der Waals surface area (Å²) in [7, 11) is -3.78. The third kappa shape index (κ3) is 4.16. The zero-order chi connectivity index (χ0) is 20.8. The van der Waals surface area contributed by atoms with Crippen LogP contribution in [0.4, 0.5) is 0 Å². The lowest BCUT2D eigenvalue weighted by molar-refractivity contribution is -0.127. The molecule has 6 heteroatoms. The van der Waals surface area contributed by atoms with E-state index in [9.17, 15) is 13.2 Å². The number of carbonyl (C=O) groups is 1. The van der Waals surface area contributed by atoms with Crippen LogP contribution in [0.25, 0.3) is 0 Å². The molecule has 0 radical (unpaired) electrons. The molecule has 4 saturated carbocycles. The van der Waals surface area contributed by atoms with Gasteiger partial charge in [-0.1, -0.05) is 6.92 Å². The van der Waals surface area contributed by atoms with Crippen LogP contribution >= 0.6 is 10.8 Å². The number of hydrogen-bond donors (Lipinski definition) is 1. The van der Waals surface area contributed by atoms with Gasteiger partial charge < -0.3 is 0 Å². The minimum Gasteiger partial charge on any atom is -0.298 e. The Bertz CT molecular complexity index is 810. The smallest absolute Gasteiger partial charge is 0.298 e. The second-order valence-corrected chi connectivity index (χ2v) is 13.5. The van der Waals surface area contributed by atoms with E-state index in [1.54, 1.807) is 0 Å². The molecular formula is C23H34O4S2. The molecule has 4 aliphatic rings. The Hall–Kier alpha value is -0.510. The van der Waals surface area contributed by atoms with E-state index in [0.29, 0.717) is 22.6 Å². The lowest BCUT2D eigenvalue weighted by atomic mass is 9.49. The molecule has 1 N–H and O–H groups in total. The van der Waals surface area contributed by atoms with Crippen molar-refractivity contribution in [1.82, 2.24) is 0 Å². The molecule has 8 unspecified atom stereocenters. The highest BCUT2D eigenvalue weighted by Crippen LogP contribution is 2.64. The summed E-state index contributed by atoms with van der Waals surface area (Å²) in [6.07, 6.45) is 10.8. The van der Waals surface area contributed by atoms with E-state index in [1.807, 2.05) is 6.92 Å². The van der Waals surface area contributed by atoms with E-state index in [-0.39, 0.29) is 22.9 Å². The largest absolute Gasteiger partial charge is 0.320 e. The van der Waals surface area contributed by atoms with Gasteiger partial charge in [-0.05, 0) is 99.7 Å². The molecule has 162 valence electrons. The third-order valence-corrected chi connectivity index (χ3v) is 11.0. The van der Waals surface area contributed by atoms with Gasteiger partial charge in [0.05, 0.1) is 5.75 Å². The quantitative estimate of drug-likeness (QED) is 0.380. The molecule has 0 aromatic rings. The molecule has 0 heterocycles. The van der Waals surface area contributed by atoms with Gasteiger partial charge in [-0.3, -0.25) is 9.35 Å².